The summed E-state index contributed by atoms with van der Waals surface area (Å²) in [5.74, 6) is -0.304. The van der Waals surface area contributed by atoms with Gasteiger partial charge in [0.15, 0.2) is 6.61 Å². The quantitative estimate of drug-likeness (QED) is 0.398. The van der Waals surface area contributed by atoms with Crippen LogP contribution in [0.3, 0.4) is 0 Å². The number of rotatable bonds is 6. The number of benzene rings is 3. The fourth-order valence-corrected chi connectivity index (χ4v) is 4.67. The van der Waals surface area contributed by atoms with Gasteiger partial charge in [0.25, 0.3) is 5.91 Å². The Hall–Kier alpha value is -4.50. The molecule has 1 aromatic heterocycles. The molecule has 1 aliphatic rings. The third-order valence-corrected chi connectivity index (χ3v) is 6.40. The summed E-state index contributed by atoms with van der Waals surface area (Å²) < 4.78 is 5.60. The maximum Gasteiger partial charge on any atom is 0.265 e. The number of fused-ring (bicyclic) bond motifs is 1. The van der Waals surface area contributed by atoms with Gasteiger partial charge in [-0.05, 0) is 42.5 Å². The first kappa shape index (κ1) is 23.3. The molecule has 0 bridgehead atoms. The van der Waals surface area contributed by atoms with E-state index < -0.39 is 0 Å². The molecule has 8 nitrogen and oxygen atoms in total. The zero-order valence-electron chi connectivity index (χ0n) is 19.4. The van der Waals surface area contributed by atoms with Crippen molar-refractivity contribution in [2.45, 2.75) is 6.92 Å². The molecule has 0 saturated carbocycles. The van der Waals surface area contributed by atoms with E-state index >= 15 is 0 Å². The van der Waals surface area contributed by atoms with Crippen LogP contribution in [0, 0.1) is 0 Å². The smallest absolute Gasteiger partial charge is 0.265 e. The van der Waals surface area contributed by atoms with E-state index in [2.05, 4.69) is 10.6 Å². The molecule has 2 N–H and O–H groups in total. The zero-order valence-corrected chi connectivity index (χ0v) is 20.2. The number of carbonyl (C=O) groups is 3. The van der Waals surface area contributed by atoms with E-state index in [1.165, 1.54) is 11.8 Å². The number of thiazole rings is 1. The second-order valence-electron chi connectivity index (χ2n) is 8.16. The van der Waals surface area contributed by atoms with Gasteiger partial charge < -0.3 is 15.4 Å². The van der Waals surface area contributed by atoms with Gasteiger partial charge in [0.05, 0.1) is 11.4 Å². The first-order chi connectivity index (χ1) is 17.5. The molecule has 3 amide bonds. The lowest BCUT2D eigenvalue weighted by molar-refractivity contribution is -0.123. The van der Waals surface area contributed by atoms with Crippen molar-refractivity contribution in [1.29, 1.82) is 0 Å². The summed E-state index contributed by atoms with van der Waals surface area (Å²) in [5, 5.41) is 8.34. The second-order valence-corrected chi connectivity index (χ2v) is 9.02. The van der Waals surface area contributed by atoms with Crippen molar-refractivity contribution in [2.24, 2.45) is 0 Å². The van der Waals surface area contributed by atoms with Crippen molar-refractivity contribution in [3.8, 4) is 27.6 Å². The Balaban J connectivity index is 1.34. The monoisotopic (exact) mass is 498 g/mol. The SMILES string of the molecule is CC(=O)Nc1ccc(NC(=O)CN2C(=O)COc3ccc(-c4csc(-c5ccccc5)n4)cc32)cc1. The lowest BCUT2D eigenvalue weighted by Gasteiger charge is -2.29. The number of hydrogen-bond acceptors (Lipinski definition) is 6. The molecule has 2 heterocycles. The lowest BCUT2D eigenvalue weighted by Crippen LogP contribution is -2.43. The Morgan fingerprint density at radius 3 is 2.42 bits per heavy atom. The van der Waals surface area contributed by atoms with Crippen molar-refractivity contribution in [1.82, 2.24) is 4.98 Å². The molecule has 3 aromatic carbocycles. The highest BCUT2D eigenvalue weighted by atomic mass is 32.1. The minimum Gasteiger partial charge on any atom is -0.482 e. The Bertz CT molecular complexity index is 1430. The highest BCUT2D eigenvalue weighted by Gasteiger charge is 2.28. The number of carbonyl (C=O) groups excluding carboxylic acids is 3. The molecule has 0 atom stereocenters. The predicted molar refractivity (Wildman–Crippen MR) is 140 cm³/mol. The number of ether oxygens (including phenoxy) is 1. The molecule has 0 fully saturated rings. The van der Waals surface area contributed by atoms with Gasteiger partial charge in [0, 0.05) is 34.8 Å². The molecule has 4 aromatic rings. The fraction of sp³-hybridized carbons (Fsp3) is 0.111. The number of nitrogens with zero attached hydrogens (tertiary/aromatic N) is 2. The highest BCUT2D eigenvalue weighted by Crippen LogP contribution is 2.37. The van der Waals surface area contributed by atoms with Crippen molar-refractivity contribution in [3.63, 3.8) is 0 Å². The molecule has 9 heteroatoms. The minimum atomic E-state index is -0.353. The van der Waals surface area contributed by atoms with Crippen LogP contribution in [0.2, 0.25) is 0 Å². The lowest BCUT2D eigenvalue weighted by atomic mass is 10.1. The summed E-state index contributed by atoms with van der Waals surface area (Å²) in [7, 11) is 0. The average Bonchev–Trinajstić information content (AvgIpc) is 3.37. The highest BCUT2D eigenvalue weighted by molar-refractivity contribution is 7.13. The molecule has 0 radical (unpaired) electrons. The molecule has 0 spiro atoms. The van der Waals surface area contributed by atoms with Crippen LogP contribution >= 0.6 is 11.3 Å². The fourth-order valence-electron chi connectivity index (χ4n) is 3.84. The molecule has 180 valence electrons. The Kier molecular flexibility index (Phi) is 6.46. The van der Waals surface area contributed by atoms with Crippen molar-refractivity contribution < 1.29 is 19.1 Å². The number of aromatic nitrogens is 1. The largest absolute Gasteiger partial charge is 0.482 e. The third kappa shape index (κ3) is 5.11. The van der Waals surface area contributed by atoms with Gasteiger partial charge in [0.1, 0.15) is 17.3 Å². The molecule has 0 unspecified atom stereocenters. The number of hydrogen-bond donors (Lipinski definition) is 2. The Morgan fingerprint density at radius 1 is 0.972 bits per heavy atom. The van der Waals surface area contributed by atoms with Crippen LogP contribution in [0.1, 0.15) is 6.92 Å². The maximum absolute atomic E-state index is 12.8. The average molecular weight is 499 g/mol. The summed E-state index contributed by atoms with van der Waals surface area (Å²) in [5.41, 5.74) is 4.35. The number of anilines is 3. The van der Waals surface area contributed by atoms with E-state index in [1.54, 1.807) is 41.7 Å². The van der Waals surface area contributed by atoms with Crippen LogP contribution in [-0.2, 0) is 14.4 Å². The van der Waals surface area contributed by atoms with Crippen molar-refractivity contribution in [3.05, 3.63) is 78.2 Å². The standard InChI is InChI=1S/C27H22N4O4S/c1-17(32)28-20-8-10-21(11-9-20)29-25(33)14-31-23-13-19(7-12-24(23)35-15-26(31)34)22-16-36-27(30-22)18-5-3-2-4-6-18/h2-13,16H,14-15H2,1H3,(H,28,32)(H,29,33). The topological polar surface area (TPSA) is 101 Å². The first-order valence-corrected chi connectivity index (χ1v) is 12.1. The number of nitrogens with one attached hydrogen (secondary N) is 2. The van der Waals surface area contributed by atoms with E-state index in [1.807, 2.05) is 47.8 Å². The van der Waals surface area contributed by atoms with Gasteiger partial charge in [-0.2, -0.15) is 0 Å². The van der Waals surface area contributed by atoms with Crippen LogP contribution in [0.15, 0.2) is 78.2 Å². The predicted octanol–water partition coefficient (Wildman–Crippen LogP) is 4.80. The van der Waals surface area contributed by atoms with Crippen molar-refractivity contribution in [2.75, 3.05) is 28.7 Å². The molecule has 1 aliphatic heterocycles. The minimum absolute atomic E-state index is 0.139. The summed E-state index contributed by atoms with van der Waals surface area (Å²) in [6, 6.07) is 22.2. The molecular weight excluding hydrogens is 476 g/mol. The van der Waals surface area contributed by atoms with E-state index in [0.717, 1.165) is 21.8 Å². The van der Waals surface area contributed by atoms with Crippen LogP contribution in [-0.4, -0.2) is 35.9 Å². The van der Waals surface area contributed by atoms with Crippen LogP contribution in [0.4, 0.5) is 17.1 Å². The molecule has 5 rings (SSSR count). The molecular formula is C27H22N4O4S. The maximum atomic E-state index is 12.8. The Labute approximate surface area is 211 Å². The van der Waals surface area contributed by atoms with Crippen molar-refractivity contribution >= 4 is 46.1 Å². The van der Waals surface area contributed by atoms with E-state index in [9.17, 15) is 14.4 Å². The van der Waals surface area contributed by atoms with E-state index in [0.29, 0.717) is 22.8 Å². The van der Waals surface area contributed by atoms with Gasteiger partial charge >= 0.3 is 0 Å². The summed E-state index contributed by atoms with van der Waals surface area (Å²) in [4.78, 5) is 42.8. The van der Waals surface area contributed by atoms with Gasteiger partial charge in [-0.3, -0.25) is 19.3 Å². The normalized spacial score (nSPS) is 12.5. The van der Waals surface area contributed by atoms with Crippen LogP contribution in [0.5, 0.6) is 5.75 Å². The van der Waals surface area contributed by atoms with Crippen LogP contribution < -0.4 is 20.3 Å². The van der Waals surface area contributed by atoms with E-state index in [4.69, 9.17) is 9.72 Å². The van der Waals surface area contributed by atoms with Gasteiger partial charge in [-0.1, -0.05) is 30.3 Å². The summed E-state index contributed by atoms with van der Waals surface area (Å²) in [6.45, 7) is 1.12. The number of amides is 3. The molecule has 0 saturated heterocycles. The summed E-state index contributed by atoms with van der Waals surface area (Å²) in [6.07, 6.45) is 0. The van der Waals surface area contributed by atoms with Gasteiger partial charge in [-0.15, -0.1) is 11.3 Å². The molecule has 36 heavy (non-hydrogen) atoms. The van der Waals surface area contributed by atoms with E-state index in [-0.39, 0.29) is 30.9 Å². The third-order valence-electron chi connectivity index (χ3n) is 5.51. The zero-order chi connectivity index (χ0) is 25.1. The van der Waals surface area contributed by atoms with Gasteiger partial charge in [-0.25, -0.2) is 4.98 Å². The first-order valence-electron chi connectivity index (χ1n) is 11.2. The molecule has 0 aliphatic carbocycles. The second kappa shape index (κ2) is 10.0. The summed E-state index contributed by atoms with van der Waals surface area (Å²) >= 11 is 1.54. The Morgan fingerprint density at radius 2 is 1.69 bits per heavy atom. The van der Waals surface area contributed by atoms with Crippen LogP contribution in [0.25, 0.3) is 21.8 Å². The van der Waals surface area contributed by atoms with Gasteiger partial charge in [0.2, 0.25) is 11.8 Å².